The average molecular weight is 245 g/mol. The van der Waals surface area contributed by atoms with Gasteiger partial charge >= 0.3 is 0 Å². The minimum absolute atomic E-state index is 0. The van der Waals surface area contributed by atoms with Crippen LogP contribution >= 0.6 is 12.4 Å². The van der Waals surface area contributed by atoms with Crippen molar-refractivity contribution in [2.24, 2.45) is 0 Å². The van der Waals surface area contributed by atoms with Gasteiger partial charge in [0.25, 0.3) is 0 Å². The Bertz CT molecular complexity index is 292. The van der Waals surface area contributed by atoms with E-state index in [2.05, 4.69) is 33.0 Å². The maximum Gasteiger partial charge on any atom is 0.0524 e. The predicted octanol–water partition coefficient (Wildman–Crippen LogP) is 1.12. The molecule has 0 spiro atoms. The van der Waals surface area contributed by atoms with Crippen LogP contribution in [0.15, 0.2) is 12.3 Å². The molecule has 2 heterocycles. The van der Waals surface area contributed by atoms with E-state index in [1.165, 1.54) is 18.7 Å². The average Bonchev–Trinajstić information content (AvgIpc) is 2.53. The third-order valence-corrected chi connectivity index (χ3v) is 2.92. The lowest BCUT2D eigenvalue weighted by molar-refractivity contribution is 0.275. The highest BCUT2D eigenvalue weighted by Crippen LogP contribution is 2.05. The van der Waals surface area contributed by atoms with Crippen LogP contribution in [0, 0.1) is 0 Å². The summed E-state index contributed by atoms with van der Waals surface area (Å²) < 4.78 is 2.08. The number of hydrogen-bond acceptors (Lipinski definition) is 3. The van der Waals surface area contributed by atoms with E-state index in [-0.39, 0.29) is 12.4 Å². The Morgan fingerprint density at radius 3 is 3.06 bits per heavy atom. The standard InChI is InChI=1S/C11H20N4.ClH/c1-2-15-11(4-6-13-15)10-14-8-3-5-12-7-9-14;/h4,6,12H,2-3,5,7-10H2,1H3;1H. The summed E-state index contributed by atoms with van der Waals surface area (Å²) in [5.41, 5.74) is 1.33. The van der Waals surface area contributed by atoms with Crippen LogP contribution in [0.3, 0.4) is 0 Å². The number of nitrogens with one attached hydrogen (secondary N) is 1. The molecule has 0 amide bonds. The summed E-state index contributed by atoms with van der Waals surface area (Å²) >= 11 is 0. The number of hydrogen-bond donors (Lipinski definition) is 1. The highest BCUT2D eigenvalue weighted by Gasteiger charge is 2.10. The number of rotatable bonds is 3. The summed E-state index contributed by atoms with van der Waals surface area (Å²) in [7, 11) is 0. The molecule has 1 saturated heterocycles. The van der Waals surface area contributed by atoms with Gasteiger partial charge in [-0.2, -0.15) is 5.10 Å². The molecule has 0 aliphatic carbocycles. The third kappa shape index (κ3) is 3.47. The zero-order chi connectivity index (χ0) is 10.5. The smallest absolute Gasteiger partial charge is 0.0524 e. The lowest BCUT2D eigenvalue weighted by Crippen LogP contribution is -2.28. The van der Waals surface area contributed by atoms with E-state index in [1.54, 1.807) is 0 Å². The van der Waals surface area contributed by atoms with Crippen LogP contribution in [-0.2, 0) is 13.1 Å². The topological polar surface area (TPSA) is 33.1 Å². The Hall–Kier alpha value is -0.580. The van der Waals surface area contributed by atoms with Gasteiger partial charge in [0, 0.05) is 32.4 Å². The summed E-state index contributed by atoms with van der Waals surface area (Å²) in [5.74, 6) is 0. The lowest BCUT2D eigenvalue weighted by Gasteiger charge is -2.19. The van der Waals surface area contributed by atoms with Gasteiger partial charge in [-0.3, -0.25) is 9.58 Å². The zero-order valence-corrected chi connectivity index (χ0v) is 10.7. The van der Waals surface area contributed by atoms with E-state index < -0.39 is 0 Å². The molecule has 0 saturated carbocycles. The molecule has 1 aliphatic rings. The van der Waals surface area contributed by atoms with E-state index in [0.717, 1.165) is 32.7 Å². The van der Waals surface area contributed by atoms with Gasteiger partial charge in [0.1, 0.15) is 0 Å². The highest BCUT2D eigenvalue weighted by molar-refractivity contribution is 5.85. The summed E-state index contributed by atoms with van der Waals surface area (Å²) in [4.78, 5) is 2.50. The van der Waals surface area contributed by atoms with Crippen LogP contribution in [0.5, 0.6) is 0 Å². The second-order valence-electron chi connectivity index (χ2n) is 4.02. The van der Waals surface area contributed by atoms with Crippen LogP contribution in [0.2, 0.25) is 0 Å². The van der Waals surface area contributed by atoms with Crippen LogP contribution in [-0.4, -0.2) is 40.9 Å². The normalized spacial score (nSPS) is 17.8. The fourth-order valence-corrected chi connectivity index (χ4v) is 2.07. The maximum absolute atomic E-state index is 4.30. The lowest BCUT2D eigenvalue weighted by atomic mass is 10.3. The number of nitrogens with zero attached hydrogens (tertiary/aromatic N) is 3. The summed E-state index contributed by atoms with van der Waals surface area (Å²) in [6.45, 7) is 8.75. The van der Waals surface area contributed by atoms with Gasteiger partial charge in [0.15, 0.2) is 0 Å². The molecular weight excluding hydrogens is 224 g/mol. The minimum Gasteiger partial charge on any atom is -0.315 e. The molecule has 1 fully saturated rings. The number of aryl methyl sites for hydroxylation is 1. The number of aromatic nitrogens is 2. The van der Waals surface area contributed by atoms with Gasteiger partial charge < -0.3 is 5.32 Å². The Balaban J connectivity index is 0.00000128. The first-order valence-electron chi connectivity index (χ1n) is 5.84. The van der Waals surface area contributed by atoms with Crippen molar-refractivity contribution in [2.45, 2.75) is 26.4 Å². The fraction of sp³-hybridized carbons (Fsp3) is 0.727. The SMILES string of the molecule is CCn1nccc1CN1CCCNCC1.Cl. The Morgan fingerprint density at radius 2 is 2.25 bits per heavy atom. The van der Waals surface area contributed by atoms with Crippen molar-refractivity contribution in [1.29, 1.82) is 0 Å². The van der Waals surface area contributed by atoms with E-state index >= 15 is 0 Å². The molecular formula is C11H21ClN4. The Labute approximate surface area is 103 Å². The molecule has 0 atom stereocenters. The van der Waals surface area contributed by atoms with Gasteiger partial charge in [0.05, 0.1) is 5.69 Å². The van der Waals surface area contributed by atoms with Gasteiger partial charge in [0.2, 0.25) is 0 Å². The molecule has 1 aromatic heterocycles. The largest absolute Gasteiger partial charge is 0.315 e. The summed E-state index contributed by atoms with van der Waals surface area (Å²) in [6, 6.07) is 2.13. The Morgan fingerprint density at radius 1 is 1.38 bits per heavy atom. The van der Waals surface area contributed by atoms with E-state index in [1.807, 2.05) is 6.20 Å². The summed E-state index contributed by atoms with van der Waals surface area (Å²) in [5, 5.41) is 7.72. The van der Waals surface area contributed by atoms with Crippen molar-refractivity contribution in [3.05, 3.63) is 18.0 Å². The molecule has 5 heteroatoms. The minimum atomic E-state index is 0. The monoisotopic (exact) mass is 244 g/mol. The third-order valence-electron chi connectivity index (χ3n) is 2.92. The van der Waals surface area contributed by atoms with Gasteiger partial charge in [-0.05, 0) is 32.5 Å². The first-order valence-corrected chi connectivity index (χ1v) is 5.84. The molecule has 92 valence electrons. The molecule has 0 radical (unpaired) electrons. The predicted molar refractivity (Wildman–Crippen MR) is 67.9 cm³/mol. The van der Waals surface area contributed by atoms with Gasteiger partial charge in [-0.25, -0.2) is 0 Å². The van der Waals surface area contributed by atoms with Crippen molar-refractivity contribution >= 4 is 12.4 Å². The van der Waals surface area contributed by atoms with Crippen molar-refractivity contribution in [2.75, 3.05) is 26.2 Å². The van der Waals surface area contributed by atoms with Crippen LogP contribution in [0.1, 0.15) is 19.0 Å². The van der Waals surface area contributed by atoms with Crippen LogP contribution in [0.25, 0.3) is 0 Å². The molecule has 4 nitrogen and oxygen atoms in total. The fourth-order valence-electron chi connectivity index (χ4n) is 2.07. The van der Waals surface area contributed by atoms with Crippen molar-refractivity contribution in [1.82, 2.24) is 20.0 Å². The molecule has 16 heavy (non-hydrogen) atoms. The molecule has 0 aromatic carbocycles. The zero-order valence-electron chi connectivity index (χ0n) is 9.85. The molecule has 1 aliphatic heterocycles. The van der Waals surface area contributed by atoms with Crippen molar-refractivity contribution < 1.29 is 0 Å². The van der Waals surface area contributed by atoms with E-state index in [4.69, 9.17) is 0 Å². The Kier molecular flexibility index (Phi) is 5.80. The maximum atomic E-state index is 4.30. The van der Waals surface area contributed by atoms with E-state index in [9.17, 15) is 0 Å². The second kappa shape index (κ2) is 6.89. The molecule has 0 unspecified atom stereocenters. The molecule has 2 rings (SSSR count). The van der Waals surface area contributed by atoms with Gasteiger partial charge in [-0.15, -0.1) is 12.4 Å². The highest BCUT2D eigenvalue weighted by atomic mass is 35.5. The van der Waals surface area contributed by atoms with Crippen molar-refractivity contribution in [3.8, 4) is 0 Å². The molecule has 1 aromatic rings. The molecule has 1 N–H and O–H groups in total. The van der Waals surface area contributed by atoms with E-state index in [0.29, 0.717) is 0 Å². The first-order chi connectivity index (χ1) is 7.40. The van der Waals surface area contributed by atoms with Crippen LogP contribution < -0.4 is 5.32 Å². The quantitative estimate of drug-likeness (QED) is 0.865. The second-order valence-corrected chi connectivity index (χ2v) is 4.02. The van der Waals surface area contributed by atoms with Gasteiger partial charge in [-0.1, -0.05) is 0 Å². The number of halogens is 1. The first kappa shape index (κ1) is 13.5. The van der Waals surface area contributed by atoms with Crippen molar-refractivity contribution in [3.63, 3.8) is 0 Å². The summed E-state index contributed by atoms with van der Waals surface area (Å²) in [6.07, 6.45) is 3.15. The van der Waals surface area contributed by atoms with Crippen LogP contribution in [0.4, 0.5) is 0 Å². The molecule has 0 bridgehead atoms.